The summed E-state index contributed by atoms with van der Waals surface area (Å²) in [6.07, 6.45) is -2.37. The third-order valence-corrected chi connectivity index (χ3v) is 6.41. The highest BCUT2D eigenvalue weighted by Crippen LogP contribution is 2.34. The van der Waals surface area contributed by atoms with Crippen molar-refractivity contribution >= 4 is 17.5 Å². The van der Waals surface area contributed by atoms with Crippen LogP contribution >= 0.6 is 11.8 Å². The van der Waals surface area contributed by atoms with E-state index in [9.17, 15) is 18.0 Å². The molecule has 32 heavy (non-hydrogen) atoms. The number of para-hydroxylation sites is 1. The van der Waals surface area contributed by atoms with Gasteiger partial charge in [0.1, 0.15) is 0 Å². The fraction of sp³-hybridized carbons (Fsp3) is 0.429. The van der Waals surface area contributed by atoms with E-state index in [1.54, 1.807) is 0 Å². The van der Waals surface area contributed by atoms with Crippen molar-refractivity contribution in [1.82, 2.24) is 24.8 Å². The quantitative estimate of drug-likeness (QED) is 0.384. The van der Waals surface area contributed by atoms with E-state index in [-0.39, 0.29) is 28.5 Å². The van der Waals surface area contributed by atoms with Gasteiger partial charge in [-0.3, -0.25) is 4.79 Å². The molecule has 1 saturated heterocycles. The second-order valence-electron chi connectivity index (χ2n) is 7.63. The number of carbonyl (C=O) groups is 1. The van der Waals surface area contributed by atoms with Crippen molar-refractivity contribution in [3.8, 4) is 5.69 Å². The average Bonchev–Trinajstić information content (AvgIpc) is 3.49. The molecule has 3 aromatic rings. The highest BCUT2D eigenvalue weighted by molar-refractivity contribution is 7.99. The predicted octanol–water partition coefficient (Wildman–Crippen LogP) is 4.25. The Morgan fingerprint density at radius 1 is 1.28 bits per heavy atom. The minimum atomic E-state index is -4.55. The summed E-state index contributed by atoms with van der Waals surface area (Å²) in [7, 11) is 0. The standard InChI is InChI=1S/C21H22F3N5O2S/c1-13-10-16(14(2)28(13)11-15-6-5-9-31-15)19(30)12-32-20-25-26-27-29(20)18-8-4-3-7-17(18)21(22,23)24/h3-4,7-8,10,15H,5-6,9,11-12H2,1-2H3. The molecule has 2 aromatic heterocycles. The van der Waals surface area contributed by atoms with Gasteiger partial charge in [0.15, 0.2) is 5.78 Å². The Morgan fingerprint density at radius 3 is 2.78 bits per heavy atom. The molecule has 7 nitrogen and oxygen atoms in total. The molecule has 1 aliphatic rings. The summed E-state index contributed by atoms with van der Waals surface area (Å²) in [5.74, 6) is -0.140. The number of tetrazole rings is 1. The lowest BCUT2D eigenvalue weighted by molar-refractivity contribution is -0.137. The number of ether oxygens (including phenoxy) is 1. The molecular weight excluding hydrogens is 443 g/mol. The molecule has 0 amide bonds. The molecule has 170 valence electrons. The van der Waals surface area contributed by atoms with Crippen LogP contribution in [0, 0.1) is 13.8 Å². The molecular formula is C21H22F3N5O2S. The van der Waals surface area contributed by atoms with Crippen LogP contribution in [0.5, 0.6) is 0 Å². The number of hydrogen-bond donors (Lipinski definition) is 0. The maximum Gasteiger partial charge on any atom is 0.418 e. The maximum absolute atomic E-state index is 13.4. The van der Waals surface area contributed by atoms with Crippen molar-refractivity contribution in [3.63, 3.8) is 0 Å². The van der Waals surface area contributed by atoms with E-state index in [2.05, 4.69) is 20.1 Å². The van der Waals surface area contributed by atoms with Gasteiger partial charge in [0, 0.05) is 30.1 Å². The van der Waals surface area contributed by atoms with Gasteiger partial charge in [-0.2, -0.15) is 17.9 Å². The van der Waals surface area contributed by atoms with Gasteiger partial charge in [0.05, 0.1) is 23.1 Å². The fourth-order valence-electron chi connectivity index (χ4n) is 3.88. The first-order valence-electron chi connectivity index (χ1n) is 10.1. The number of hydrogen-bond acceptors (Lipinski definition) is 6. The fourth-order valence-corrected chi connectivity index (χ4v) is 4.65. The molecule has 0 aliphatic carbocycles. The summed E-state index contributed by atoms with van der Waals surface area (Å²) >= 11 is 1.00. The molecule has 0 radical (unpaired) electrons. The zero-order valence-corrected chi connectivity index (χ0v) is 18.4. The normalized spacial score (nSPS) is 16.6. The number of halogens is 3. The smallest absolute Gasteiger partial charge is 0.376 e. The number of rotatable bonds is 7. The van der Waals surface area contributed by atoms with Crippen LogP contribution in [0.3, 0.4) is 0 Å². The third kappa shape index (κ3) is 4.58. The Balaban J connectivity index is 1.51. The van der Waals surface area contributed by atoms with Crippen molar-refractivity contribution in [2.45, 2.75) is 50.7 Å². The number of thioether (sulfide) groups is 1. The van der Waals surface area contributed by atoms with Crippen molar-refractivity contribution < 1.29 is 22.7 Å². The van der Waals surface area contributed by atoms with Crippen molar-refractivity contribution in [1.29, 1.82) is 0 Å². The second kappa shape index (κ2) is 9.07. The van der Waals surface area contributed by atoms with Crippen LogP contribution in [0.15, 0.2) is 35.5 Å². The van der Waals surface area contributed by atoms with E-state index in [1.165, 1.54) is 18.2 Å². The molecule has 3 heterocycles. The van der Waals surface area contributed by atoms with Gasteiger partial charge in [0.25, 0.3) is 0 Å². The van der Waals surface area contributed by atoms with Gasteiger partial charge >= 0.3 is 6.18 Å². The van der Waals surface area contributed by atoms with Crippen LogP contribution < -0.4 is 0 Å². The molecule has 0 N–H and O–H groups in total. The van der Waals surface area contributed by atoms with Gasteiger partial charge in [0.2, 0.25) is 5.16 Å². The Morgan fingerprint density at radius 2 is 2.06 bits per heavy atom. The minimum Gasteiger partial charge on any atom is -0.376 e. The van der Waals surface area contributed by atoms with Crippen LogP contribution in [0.1, 0.15) is 40.2 Å². The van der Waals surface area contributed by atoms with Gasteiger partial charge in [-0.25, -0.2) is 0 Å². The zero-order chi connectivity index (χ0) is 22.9. The van der Waals surface area contributed by atoms with E-state index < -0.39 is 11.7 Å². The van der Waals surface area contributed by atoms with Crippen LogP contribution in [0.4, 0.5) is 13.2 Å². The van der Waals surface area contributed by atoms with Gasteiger partial charge in [-0.05, 0) is 55.3 Å². The molecule has 0 saturated carbocycles. The monoisotopic (exact) mass is 465 g/mol. The van der Waals surface area contributed by atoms with Gasteiger partial charge in [-0.1, -0.05) is 23.9 Å². The summed E-state index contributed by atoms with van der Waals surface area (Å²) in [5, 5.41) is 11.2. The largest absolute Gasteiger partial charge is 0.418 e. The highest BCUT2D eigenvalue weighted by Gasteiger charge is 2.34. The Labute approximate surface area is 186 Å². The third-order valence-electron chi connectivity index (χ3n) is 5.50. The summed E-state index contributed by atoms with van der Waals surface area (Å²) in [4.78, 5) is 12.9. The molecule has 4 rings (SSSR count). The molecule has 1 aliphatic heterocycles. The lowest BCUT2D eigenvalue weighted by Crippen LogP contribution is -2.17. The van der Waals surface area contributed by atoms with Crippen molar-refractivity contribution in [3.05, 3.63) is 52.8 Å². The van der Waals surface area contributed by atoms with Crippen LogP contribution in [-0.4, -0.2) is 49.0 Å². The topological polar surface area (TPSA) is 74.8 Å². The number of carbonyl (C=O) groups excluding carboxylic acids is 1. The summed E-state index contributed by atoms with van der Waals surface area (Å²) in [5.41, 5.74) is 1.37. The van der Waals surface area contributed by atoms with Crippen LogP contribution in [-0.2, 0) is 17.5 Å². The van der Waals surface area contributed by atoms with Gasteiger partial charge in [-0.15, -0.1) is 5.10 Å². The van der Waals surface area contributed by atoms with E-state index in [0.717, 1.165) is 53.3 Å². The lowest BCUT2D eigenvalue weighted by Gasteiger charge is -2.14. The predicted molar refractivity (Wildman–Crippen MR) is 112 cm³/mol. The number of aromatic nitrogens is 5. The van der Waals surface area contributed by atoms with Crippen LogP contribution in [0.2, 0.25) is 0 Å². The minimum absolute atomic E-state index is 0.00121. The van der Waals surface area contributed by atoms with E-state index in [4.69, 9.17) is 4.74 Å². The lowest BCUT2D eigenvalue weighted by atomic mass is 10.2. The average molecular weight is 466 g/mol. The summed E-state index contributed by atoms with van der Waals surface area (Å²) in [6, 6.07) is 6.90. The first kappa shape index (κ1) is 22.5. The van der Waals surface area contributed by atoms with Crippen molar-refractivity contribution in [2.24, 2.45) is 0 Å². The first-order valence-corrected chi connectivity index (χ1v) is 11.1. The molecule has 1 fully saturated rings. The number of nitrogens with zero attached hydrogens (tertiary/aromatic N) is 5. The van der Waals surface area contributed by atoms with E-state index >= 15 is 0 Å². The Hall–Kier alpha value is -2.66. The maximum atomic E-state index is 13.4. The SMILES string of the molecule is Cc1cc(C(=O)CSc2nnnn2-c2ccccc2C(F)(F)F)c(C)n1CC1CCCO1. The highest BCUT2D eigenvalue weighted by atomic mass is 32.2. The summed E-state index contributed by atoms with van der Waals surface area (Å²) < 4.78 is 49.0. The number of ketones is 1. The summed E-state index contributed by atoms with van der Waals surface area (Å²) in [6.45, 7) is 5.30. The zero-order valence-electron chi connectivity index (χ0n) is 17.6. The second-order valence-corrected chi connectivity index (χ2v) is 8.57. The molecule has 11 heteroatoms. The molecule has 0 bridgehead atoms. The molecule has 1 atom stereocenters. The number of Topliss-reactive ketones (excluding diaryl/α,β-unsaturated/α-hetero) is 1. The molecule has 1 unspecified atom stereocenters. The molecule has 1 aromatic carbocycles. The van der Waals surface area contributed by atoms with E-state index in [1.807, 2.05) is 19.9 Å². The first-order chi connectivity index (χ1) is 15.3. The van der Waals surface area contributed by atoms with Crippen molar-refractivity contribution in [2.75, 3.05) is 12.4 Å². The number of alkyl halides is 3. The van der Waals surface area contributed by atoms with Crippen LogP contribution in [0.25, 0.3) is 5.69 Å². The Bertz CT molecular complexity index is 1120. The number of benzene rings is 1. The van der Waals surface area contributed by atoms with E-state index in [0.29, 0.717) is 12.1 Å². The molecule has 0 spiro atoms. The van der Waals surface area contributed by atoms with Gasteiger partial charge < -0.3 is 9.30 Å². The Kier molecular flexibility index (Phi) is 6.38. The number of aryl methyl sites for hydroxylation is 1.